The second kappa shape index (κ2) is 6.54. The Labute approximate surface area is 144 Å². The first-order valence-electron chi connectivity index (χ1n) is 6.59. The summed E-state index contributed by atoms with van der Waals surface area (Å²) in [4.78, 5) is 22.4. The second-order valence-electron chi connectivity index (χ2n) is 4.69. The number of primary amides is 1. The van der Waals surface area contributed by atoms with Crippen molar-refractivity contribution in [1.29, 1.82) is 0 Å². The van der Waals surface area contributed by atoms with Crippen molar-refractivity contribution in [2.75, 3.05) is 0 Å². The van der Waals surface area contributed by atoms with Crippen LogP contribution in [0.5, 0.6) is 0 Å². The lowest BCUT2D eigenvalue weighted by atomic mass is 10.1. The third-order valence-electron chi connectivity index (χ3n) is 3.19. The van der Waals surface area contributed by atoms with E-state index in [1.807, 2.05) is 0 Å². The van der Waals surface area contributed by atoms with Crippen LogP contribution in [-0.4, -0.2) is 22.0 Å². The number of halogens is 2. The van der Waals surface area contributed by atoms with Crippen molar-refractivity contribution in [2.45, 2.75) is 5.37 Å². The molecule has 2 aromatic rings. The van der Waals surface area contributed by atoms with E-state index in [1.165, 1.54) is 41.3 Å². The molecule has 0 fully saturated rings. The highest BCUT2D eigenvalue weighted by molar-refractivity contribution is 8.02. The van der Waals surface area contributed by atoms with Crippen LogP contribution < -0.4 is 11.2 Å². The number of aromatic nitrogens is 1. The zero-order valence-electron chi connectivity index (χ0n) is 11.9. The summed E-state index contributed by atoms with van der Waals surface area (Å²) in [6.45, 7) is 0. The zero-order chi connectivity index (χ0) is 17.3. The Balaban J connectivity index is 1.96. The number of hydrazine groups is 1. The van der Waals surface area contributed by atoms with E-state index < -0.39 is 23.0 Å². The molecule has 1 aliphatic rings. The van der Waals surface area contributed by atoms with Crippen molar-refractivity contribution in [3.05, 3.63) is 52.6 Å². The third-order valence-corrected chi connectivity index (χ3v) is 4.48. The normalized spacial score (nSPS) is 16.4. The van der Waals surface area contributed by atoms with Gasteiger partial charge in [0.2, 0.25) is 0 Å². The zero-order valence-corrected chi connectivity index (χ0v) is 13.5. The molecule has 7 nitrogen and oxygen atoms in total. The number of amides is 2. The molecule has 1 unspecified atom stereocenters. The van der Waals surface area contributed by atoms with Crippen molar-refractivity contribution >= 4 is 35.2 Å². The number of hydrogen-bond donors (Lipinski definition) is 2. The van der Waals surface area contributed by atoms with Crippen LogP contribution >= 0.6 is 23.4 Å². The lowest BCUT2D eigenvalue weighted by Gasteiger charge is -2.23. The summed E-state index contributed by atoms with van der Waals surface area (Å²) in [6.07, 6.45) is 2.86. The minimum absolute atomic E-state index is 0.143. The second-order valence-corrected chi connectivity index (χ2v) is 6.08. The van der Waals surface area contributed by atoms with Crippen LogP contribution in [0.2, 0.25) is 5.02 Å². The largest absolute Gasteiger partial charge is 0.361 e. The predicted octanol–water partition coefficient (Wildman–Crippen LogP) is 2.17. The lowest BCUT2D eigenvalue weighted by Crippen LogP contribution is -2.44. The minimum atomic E-state index is -1.13. The van der Waals surface area contributed by atoms with Crippen LogP contribution in [0.25, 0.3) is 11.1 Å². The van der Waals surface area contributed by atoms with Gasteiger partial charge in [-0.05, 0) is 17.5 Å². The van der Waals surface area contributed by atoms with E-state index in [9.17, 15) is 14.0 Å². The Morgan fingerprint density at radius 1 is 1.46 bits per heavy atom. The first-order valence-corrected chi connectivity index (χ1v) is 7.91. The number of hydrogen-bond acceptors (Lipinski definition) is 6. The highest BCUT2D eigenvalue weighted by Gasteiger charge is 2.32. The minimum Gasteiger partial charge on any atom is -0.361 e. The van der Waals surface area contributed by atoms with E-state index >= 15 is 0 Å². The van der Waals surface area contributed by atoms with Gasteiger partial charge in [0.05, 0.1) is 16.8 Å². The number of nitrogens with one attached hydrogen (secondary N) is 1. The van der Waals surface area contributed by atoms with Gasteiger partial charge >= 0.3 is 11.8 Å². The number of nitrogens with two attached hydrogens (primary N) is 1. The molecule has 1 aromatic heterocycles. The van der Waals surface area contributed by atoms with E-state index in [-0.39, 0.29) is 16.3 Å². The Hall–Kier alpha value is -2.52. The van der Waals surface area contributed by atoms with Crippen LogP contribution in [-0.2, 0) is 9.59 Å². The molecule has 10 heteroatoms. The fraction of sp³-hybridized carbons (Fsp3) is 0.0714. The Morgan fingerprint density at radius 2 is 2.25 bits per heavy atom. The van der Waals surface area contributed by atoms with Gasteiger partial charge in [0.25, 0.3) is 0 Å². The van der Waals surface area contributed by atoms with Gasteiger partial charge in [-0.15, -0.1) is 0 Å². The molecule has 0 saturated heterocycles. The quantitative estimate of drug-likeness (QED) is 0.805. The average molecular weight is 369 g/mol. The molecule has 0 spiro atoms. The van der Waals surface area contributed by atoms with E-state index in [0.717, 1.165) is 0 Å². The number of benzene rings is 1. The molecular weight excluding hydrogens is 359 g/mol. The number of thioether (sulfide) groups is 1. The summed E-state index contributed by atoms with van der Waals surface area (Å²) in [7, 11) is 0. The highest BCUT2D eigenvalue weighted by atomic mass is 35.5. The van der Waals surface area contributed by atoms with Gasteiger partial charge < -0.3 is 10.3 Å². The van der Waals surface area contributed by atoms with Gasteiger partial charge in [0, 0.05) is 11.8 Å². The summed E-state index contributed by atoms with van der Waals surface area (Å²) < 4.78 is 19.4. The van der Waals surface area contributed by atoms with Gasteiger partial charge in [-0.1, -0.05) is 34.6 Å². The number of carbonyl (C=O) groups excluding carboxylic acids is 2. The number of nitrogens with zero attached hydrogens (tertiary/aromatic N) is 2. The smallest absolute Gasteiger partial charge is 0.327 e. The standard InChI is InChI=1S/C14H10ClFN4O3S/c15-8-2-1-3-9(16)10(8)7-6-18-23-11(7)14-20(4-5-24-14)19-13(22)12(17)21/h1-6,14H,(H2,17,21)(H,19,22). The van der Waals surface area contributed by atoms with Crippen LogP contribution in [0.3, 0.4) is 0 Å². The molecule has 3 rings (SSSR count). The van der Waals surface area contributed by atoms with Gasteiger partial charge in [-0.3, -0.25) is 20.0 Å². The fourth-order valence-electron chi connectivity index (χ4n) is 2.14. The van der Waals surface area contributed by atoms with Crippen molar-refractivity contribution in [1.82, 2.24) is 15.6 Å². The first kappa shape index (κ1) is 16.3. The van der Waals surface area contributed by atoms with E-state index in [0.29, 0.717) is 5.56 Å². The predicted molar refractivity (Wildman–Crippen MR) is 85.6 cm³/mol. The summed E-state index contributed by atoms with van der Waals surface area (Å²) >= 11 is 7.35. The molecular formula is C14H10ClFN4O3S. The SMILES string of the molecule is NC(=O)C(=O)NN1C=CSC1c1oncc1-c1c(F)cccc1Cl. The van der Waals surface area contributed by atoms with Gasteiger partial charge in [-0.25, -0.2) is 4.39 Å². The monoisotopic (exact) mass is 368 g/mol. The van der Waals surface area contributed by atoms with Crippen LogP contribution in [0.4, 0.5) is 4.39 Å². The van der Waals surface area contributed by atoms with Gasteiger partial charge in [0.15, 0.2) is 11.1 Å². The molecule has 3 N–H and O–H groups in total. The molecule has 1 atom stereocenters. The van der Waals surface area contributed by atoms with Crippen molar-refractivity contribution < 1.29 is 18.5 Å². The highest BCUT2D eigenvalue weighted by Crippen LogP contribution is 2.43. The molecule has 0 aliphatic carbocycles. The molecule has 0 saturated carbocycles. The van der Waals surface area contributed by atoms with Crippen LogP contribution in [0, 0.1) is 5.82 Å². The van der Waals surface area contributed by atoms with Crippen molar-refractivity contribution in [3.63, 3.8) is 0 Å². The van der Waals surface area contributed by atoms with Crippen LogP contribution in [0.15, 0.2) is 40.5 Å². The number of rotatable bonds is 3. The molecule has 0 bridgehead atoms. The number of carbonyl (C=O) groups is 2. The van der Waals surface area contributed by atoms with E-state index in [1.54, 1.807) is 11.5 Å². The van der Waals surface area contributed by atoms with Crippen molar-refractivity contribution in [3.8, 4) is 11.1 Å². The maximum atomic E-state index is 14.2. The Morgan fingerprint density at radius 3 is 2.96 bits per heavy atom. The lowest BCUT2D eigenvalue weighted by molar-refractivity contribution is -0.139. The molecule has 1 aliphatic heterocycles. The fourth-order valence-corrected chi connectivity index (χ4v) is 3.31. The third kappa shape index (κ3) is 2.95. The van der Waals surface area contributed by atoms with Crippen LogP contribution in [0.1, 0.15) is 11.1 Å². The maximum absolute atomic E-state index is 14.2. The van der Waals surface area contributed by atoms with E-state index in [4.69, 9.17) is 21.9 Å². The topological polar surface area (TPSA) is 101 Å². The Bertz CT molecular complexity index is 821. The summed E-state index contributed by atoms with van der Waals surface area (Å²) in [5.41, 5.74) is 7.74. The Kier molecular flexibility index (Phi) is 4.45. The molecule has 2 amide bonds. The molecule has 0 radical (unpaired) electrons. The maximum Gasteiger partial charge on any atom is 0.327 e. The molecule has 24 heavy (non-hydrogen) atoms. The first-order chi connectivity index (χ1) is 11.5. The van der Waals surface area contributed by atoms with Crippen molar-refractivity contribution in [2.24, 2.45) is 5.73 Å². The van der Waals surface area contributed by atoms with Gasteiger partial charge in [0.1, 0.15) is 5.82 Å². The van der Waals surface area contributed by atoms with E-state index in [2.05, 4.69) is 10.6 Å². The molecule has 1 aromatic carbocycles. The molecule has 124 valence electrons. The summed E-state index contributed by atoms with van der Waals surface area (Å²) in [6, 6.07) is 4.30. The summed E-state index contributed by atoms with van der Waals surface area (Å²) in [5.74, 6) is -2.39. The average Bonchev–Trinajstić information content (AvgIpc) is 3.15. The molecule has 2 heterocycles. The summed E-state index contributed by atoms with van der Waals surface area (Å²) in [5, 5.41) is 6.29. The van der Waals surface area contributed by atoms with Gasteiger partial charge in [-0.2, -0.15) is 0 Å².